The summed E-state index contributed by atoms with van der Waals surface area (Å²) in [6.07, 6.45) is 0. The van der Waals surface area contributed by atoms with E-state index in [1.807, 2.05) is 18.2 Å². The van der Waals surface area contributed by atoms with Crippen LogP contribution in [0.5, 0.6) is 5.75 Å². The van der Waals surface area contributed by atoms with Crippen LogP contribution in [0.1, 0.15) is 5.56 Å². The summed E-state index contributed by atoms with van der Waals surface area (Å²) in [7, 11) is 3.13. The number of hydrogen-bond acceptors (Lipinski definition) is 8. The summed E-state index contributed by atoms with van der Waals surface area (Å²) < 4.78 is 5.37. The normalized spacial score (nSPS) is 14.7. The van der Waals surface area contributed by atoms with Crippen molar-refractivity contribution in [1.29, 1.82) is 0 Å². The average molecular weight is 447 g/mol. The number of ether oxygens (including phenoxy) is 1. The Morgan fingerprint density at radius 3 is 2.45 bits per heavy atom. The van der Waals surface area contributed by atoms with Gasteiger partial charge in [0, 0.05) is 38.8 Å². The molecule has 0 aliphatic carbocycles. The second-order valence-corrected chi connectivity index (χ2v) is 7.54. The van der Waals surface area contributed by atoms with Gasteiger partial charge in [0.05, 0.1) is 29.2 Å². The maximum Gasteiger partial charge on any atom is 0.273 e. The van der Waals surface area contributed by atoms with E-state index in [2.05, 4.69) is 10.4 Å². The van der Waals surface area contributed by atoms with Gasteiger partial charge in [-0.15, -0.1) is 0 Å². The summed E-state index contributed by atoms with van der Waals surface area (Å²) in [5.41, 5.74) is 10.9. The third kappa shape index (κ3) is 4.79. The second-order valence-electron chi connectivity index (χ2n) is 7.13. The van der Waals surface area contributed by atoms with Crippen LogP contribution in [-0.4, -0.2) is 61.4 Å². The van der Waals surface area contributed by atoms with Gasteiger partial charge in [-0.05, 0) is 30.3 Å². The van der Waals surface area contributed by atoms with Crippen molar-refractivity contribution in [2.45, 2.75) is 0 Å². The SMILES string of the molecule is COc1ccccc1/C(N)=C(\C(=O)N1CCN(c2ccc(NO)cc2Cl)CC1)N(C)N. The minimum absolute atomic E-state index is 0.203. The van der Waals surface area contributed by atoms with Gasteiger partial charge < -0.3 is 25.3 Å². The van der Waals surface area contributed by atoms with Gasteiger partial charge >= 0.3 is 0 Å². The summed E-state index contributed by atoms with van der Waals surface area (Å²) in [5.74, 6) is 6.30. The zero-order valence-electron chi connectivity index (χ0n) is 17.5. The lowest BCUT2D eigenvalue weighted by Gasteiger charge is -2.37. The fraction of sp³-hybridized carbons (Fsp3) is 0.286. The van der Waals surface area contributed by atoms with Gasteiger partial charge in [0.2, 0.25) is 0 Å². The standard InChI is InChI=1S/C21H27ClN6O3/c1-26(24)20(19(23)15-5-3-4-6-18(15)31-2)21(29)28-11-9-27(10-12-28)17-8-7-14(25-30)13-16(17)22/h3-8,13,25,30H,9-12,23-24H2,1-2H3/b20-19-. The molecule has 0 aromatic heterocycles. The topological polar surface area (TPSA) is 120 Å². The van der Waals surface area contributed by atoms with E-state index in [1.54, 1.807) is 43.3 Å². The lowest BCUT2D eigenvalue weighted by molar-refractivity contribution is -0.128. The Labute approximate surface area is 186 Å². The Balaban J connectivity index is 1.79. The van der Waals surface area contributed by atoms with Crippen molar-refractivity contribution in [3.63, 3.8) is 0 Å². The van der Waals surface area contributed by atoms with E-state index < -0.39 is 0 Å². The first kappa shape index (κ1) is 22.5. The fourth-order valence-corrected chi connectivity index (χ4v) is 3.88. The molecule has 31 heavy (non-hydrogen) atoms. The minimum Gasteiger partial charge on any atom is -0.496 e. The summed E-state index contributed by atoms with van der Waals surface area (Å²) in [6.45, 7) is 2.14. The van der Waals surface area contributed by atoms with Crippen molar-refractivity contribution in [3.05, 3.63) is 58.7 Å². The van der Waals surface area contributed by atoms with Crippen LogP contribution >= 0.6 is 11.6 Å². The molecule has 1 saturated heterocycles. The molecule has 6 N–H and O–H groups in total. The van der Waals surface area contributed by atoms with Crippen LogP contribution < -0.4 is 26.7 Å². The summed E-state index contributed by atoms with van der Waals surface area (Å²) >= 11 is 6.34. The number of nitrogens with zero attached hydrogens (tertiary/aromatic N) is 3. The van der Waals surface area contributed by atoms with E-state index in [1.165, 1.54) is 5.01 Å². The predicted molar refractivity (Wildman–Crippen MR) is 122 cm³/mol. The molecule has 0 atom stereocenters. The number of methoxy groups -OCH3 is 1. The summed E-state index contributed by atoms with van der Waals surface area (Å²) in [4.78, 5) is 17.1. The van der Waals surface area contributed by atoms with E-state index in [9.17, 15) is 4.79 Å². The molecule has 1 amide bonds. The highest BCUT2D eigenvalue weighted by Gasteiger charge is 2.28. The molecular weight excluding hydrogens is 420 g/mol. The number of anilines is 2. The number of piperazine rings is 1. The lowest BCUT2D eigenvalue weighted by Crippen LogP contribution is -2.51. The Bertz CT molecular complexity index is 973. The number of amides is 1. The van der Waals surface area contributed by atoms with Gasteiger partial charge in [-0.25, -0.2) is 5.84 Å². The predicted octanol–water partition coefficient (Wildman–Crippen LogP) is 1.93. The highest BCUT2D eigenvalue weighted by Crippen LogP contribution is 2.30. The Kier molecular flexibility index (Phi) is 7.11. The molecule has 2 aromatic rings. The fourth-order valence-electron chi connectivity index (χ4n) is 3.58. The monoisotopic (exact) mass is 446 g/mol. The number of likely N-dealkylation sites (N-methyl/N-ethyl adjacent to an activating group) is 1. The van der Waals surface area contributed by atoms with Crippen molar-refractivity contribution in [2.75, 3.05) is 50.7 Å². The van der Waals surface area contributed by atoms with Gasteiger partial charge in [0.15, 0.2) is 0 Å². The number of carbonyl (C=O) groups is 1. The Morgan fingerprint density at radius 1 is 1.19 bits per heavy atom. The highest BCUT2D eigenvalue weighted by molar-refractivity contribution is 6.33. The van der Waals surface area contributed by atoms with E-state index >= 15 is 0 Å². The van der Waals surface area contributed by atoms with Gasteiger partial charge in [-0.3, -0.25) is 15.5 Å². The van der Waals surface area contributed by atoms with E-state index in [0.29, 0.717) is 48.2 Å². The average Bonchev–Trinajstić information content (AvgIpc) is 2.78. The third-order valence-corrected chi connectivity index (χ3v) is 5.49. The number of nitrogens with one attached hydrogen (secondary N) is 1. The number of benzene rings is 2. The number of hydrogen-bond donors (Lipinski definition) is 4. The van der Waals surface area contributed by atoms with Crippen molar-refractivity contribution in [2.24, 2.45) is 11.6 Å². The summed E-state index contributed by atoms with van der Waals surface area (Å²) in [6, 6.07) is 12.4. The Hall–Kier alpha value is -3.14. The summed E-state index contributed by atoms with van der Waals surface area (Å²) in [5, 5.41) is 10.8. The molecule has 2 aromatic carbocycles. The molecule has 9 nitrogen and oxygen atoms in total. The molecule has 10 heteroatoms. The van der Waals surface area contributed by atoms with Crippen LogP contribution in [0.2, 0.25) is 5.02 Å². The molecule has 0 radical (unpaired) electrons. The number of rotatable bonds is 6. The second kappa shape index (κ2) is 9.78. The molecule has 0 saturated carbocycles. The van der Waals surface area contributed by atoms with Crippen LogP contribution in [0.15, 0.2) is 48.2 Å². The molecule has 1 aliphatic rings. The Morgan fingerprint density at radius 2 is 1.87 bits per heavy atom. The van der Waals surface area contributed by atoms with Crippen molar-refractivity contribution in [3.8, 4) is 5.75 Å². The van der Waals surface area contributed by atoms with Crippen LogP contribution in [0.4, 0.5) is 11.4 Å². The van der Waals surface area contributed by atoms with Gasteiger partial charge in [0.1, 0.15) is 11.4 Å². The molecule has 0 unspecified atom stereocenters. The minimum atomic E-state index is -0.251. The van der Waals surface area contributed by atoms with E-state index in [-0.39, 0.29) is 17.3 Å². The van der Waals surface area contributed by atoms with Crippen molar-refractivity contribution >= 4 is 34.6 Å². The first-order valence-electron chi connectivity index (χ1n) is 9.72. The molecule has 0 spiro atoms. The van der Waals surface area contributed by atoms with Crippen LogP contribution in [0.25, 0.3) is 5.70 Å². The third-order valence-electron chi connectivity index (χ3n) is 5.19. The maximum absolute atomic E-state index is 13.3. The smallest absolute Gasteiger partial charge is 0.273 e. The molecular formula is C21H27ClN6O3. The number of para-hydroxylation sites is 1. The van der Waals surface area contributed by atoms with Crippen LogP contribution in [0.3, 0.4) is 0 Å². The highest BCUT2D eigenvalue weighted by atomic mass is 35.5. The quantitative estimate of drug-likeness (QED) is 0.302. The number of halogens is 1. The molecule has 166 valence electrons. The largest absolute Gasteiger partial charge is 0.496 e. The molecule has 1 heterocycles. The number of hydrazine groups is 1. The number of carbonyl (C=O) groups excluding carboxylic acids is 1. The first-order valence-corrected chi connectivity index (χ1v) is 10.1. The first-order chi connectivity index (χ1) is 14.9. The van der Waals surface area contributed by atoms with Crippen LogP contribution in [-0.2, 0) is 4.79 Å². The molecule has 1 aliphatic heterocycles. The molecule has 0 bridgehead atoms. The zero-order chi connectivity index (χ0) is 22.5. The van der Waals surface area contributed by atoms with Crippen molar-refractivity contribution in [1.82, 2.24) is 9.91 Å². The zero-order valence-corrected chi connectivity index (χ0v) is 18.3. The molecule has 1 fully saturated rings. The number of nitrogens with two attached hydrogens (primary N) is 2. The van der Waals surface area contributed by atoms with Gasteiger partial charge in [0.25, 0.3) is 5.91 Å². The van der Waals surface area contributed by atoms with Gasteiger partial charge in [-0.1, -0.05) is 23.7 Å². The molecule has 3 rings (SSSR count). The maximum atomic E-state index is 13.3. The lowest BCUT2D eigenvalue weighted by atomic mass is 10.1. The van der Waals surface area contributed by atoms with Crippen LogP contribution in [0, 0.1) is 0 Å². The van der Waals surface area contributed by atoms with Crippen molar-refractivity contribution < 1.29 is 14.7 Å². The van der Waals surface area contributed by atoms with E-state index in [0.717, 1.165) is 5.69 Å². The van der Waals surface area contributed by atoms with Gasteiger partial charge in [-0.2, -0.15) is 0 Å². The van der Waals surface area contributed by atoms with E-state index in [4.69, 9.17) is 33.1 Å².